The van der Waals surface area contributed by atoms with Crippen LogP contribution in [-0.2, 0) is 0 Å². The Morgan fingerprint density at radius 1 is 1.10 bits per heavy atom. The van der Waals surface area contributed by atoms with E-state index in [2.05, 4.69) is 55.0 Å². The summed E-state index contributed by atoms with van der Waals surface area (Å²) < 4.78 is 6.02. The van der Waals surface area contributed by atoms with Crippen LogP contribution in [0.1, 0.15) is 42.8 Å². The molecule has 0 fully saturated rings. The van der Waals surface area contributed by atoms with Crippen LogP contribution in [0.25, 0.3) is 11.0 Å². The Morgan fingerprint density at radius 3 is 2.60 bits per heavy atom. The number of fused-ring (bicyclic) bond motifs is 1. The van der Waals surface area contributed by atoms with Gasteiger partial charge in [0.1, 0.15) is 11.3 Å². The normalized spacial score (nSPS) is 14.6. The van der Waals surface area contributed by atoms with Crippen LogP contribution < -0.4 is 5.32 Å². The number of furan rings is 1. The van der Waals surface area contributed by atoms with Crippen LogP contribution in [0.3, 0.4) is 0 Å². The standard InChI is InChI=1S/C17H19NOS/c1-11-15-6-4-5-7-16(15)19-17(11)13(3)18-12(2)14-8-9-20-10-14/h4-10,12-13,18H,1-3H3. The minimum absolute atomic E-state index is 0.192. The SMILES string of the molecule is Cc1c(C(C)NC(C)c2ccsc2)oc2ccccc12. The van der Waals surface area contributed by atoms with E-state index in [4.69, 9.17) is 4.42 Å². The van der Waals surface area contributed by atoms with Gasteiger partial charge in [0, 0.05) is 11.4 Å². The molecule has 2 heterocycles. The van der Waals surface area contributed by atoms with Crippen LogP contribution in [0.2, 0.25) is 0 Å². The number of benzene rings is 1. The molecule has 0 bridgehead atoms. The second-order valence-corrected chi connectivity index (χ2v) is 6.03. The van der Waals surface area contributed by atoms with Gasteiger partial charge in [-0.3, -0.25) is 0 Å². The largest absolute Gasteiger partial charge is 0.459 e. The predicted octanol–water partition coefficient (Wildman–Crippen LogP) is 5.21. The number of nitrogens with one attached hydrogen (secondary N) is 1. The molecule has 0 amide bonds. The third-order valence-corrected chi connectivity index (χ3v) is 4.52. The summed E-state index contributed by atoms with van der Waals surface area (Å²) >= 11 is 1.73. The van der Waals surface area contributed by atoms with Crippen molar-refractivity contribution in [2.75, 3.05) is 0 Å². The van der Waals surface area contributed by atoms with E-state index in [0.29, 0.717) is 6.04 Å². The topological polar surface area (TPSA) is 25.2 Å². The van der Waals surface area contributed by atoms with Crippen molar-refractivity contribution in [1.82, 2.24) is 5.32 Å². The molecule has 2 nitrogen and oxygen atoms in total. The van der Waals surface area contributed by atoms with E-state index in [1.165, 1.54) is 16.5 Å². The Labute approximate surface area is 123 Å². The summed E-state index contributed by atoms with van der Waals surface area (Å²) in [6, 6.07) is 10.9. The van der Waals surface area contributed by atoms with Gasteiger partial charge >= 0.3 is 0 Å². The van der Waals surface area contributed by atoms with E-state index in [0.717, 1.165) is 11.3 Å². The Hall–Kier alpha value is -1.58. The van der Waals surface area contributed by atoms with Crippen molar-refractivity contribution in [3.8, 4) is 0 Å². The summed E-state index contributed by atoms with van der Waals surface area (Å²) in [5, 5.41) is 9.13. The number of rotatable bonds is 4. The van der Waals surface area contributed by atoms with Crippen LogP contribution >= 0.6 is 11.3 Å². The molecular formula is C17H19NOS. The molecule has 2 atom stereocenters. The molecule has 0 spiro atoms. The highest BCUT2D eigenvalue weighted by Crippen LogP contribution is 2.30. The lowest BCUT2D eigenvalue weighted by molar-refractivity contribution is 0.415. The van der Waals surface area contributed by atoms with Crippen LogP contribution in [0.15, 0.2) is 45.5 Å². The van der Waals surface area contributed by atoms with Crippen molar-refractivity contribution in [3.63, 3.8) is 0 Å². The maximum Gasteiger partial charge on any atom is 0.134 e. The lowest BCUT2D eigenvalue weighted by Gasteiger charge is -2.18. The molecule has 1 N–H and O–H groups in total. The molecule has 3 rings (SSSR count). The summed E-state index contributed by atoms with van der Waals surface area (Å²) in [6.45, 7) is 6.48. The molecule has 2 unspecified atom stereocenters. The molecule has 104 valence electrons. The van der Waals surface area contributed by atoms with Gasteiger partial charge in [-0.05, 0) is 54.8 Å². The number of para-hydroxylation sites is 1. The summed E-state index contributed by atoms with van der Waals surface area (Å²) in [4.78, 5) is 0. The molecule has 2 aromatic heterocycles. The summed E-state index contributed by atoms with van der Waals surface area (Å²) in [5.41, 5.74) is 3.53. The highest BCUT2D eigenvalue weighted by Gasteiger charge is 2.18. The van der Waals surface area contributed by atoms with Gasteiger partial charge in [-0.1, -0.05) is 18.2 Å². The van der Waals surface area contributed by atoms with Crippen molar-refractivity contribution >= 4 is 22.3 Å². The minimum Gasteiger partial charge on any atom is -0.459 e. The molecule has 0 saturated heterocycles. The summed E-state index contributed by atoms with van der Waals surface area (Å²) in [7, 11) is 0. The third kappa shape index (κ3) is 2.39. The van der Waals surface area contributed by atoms with Crippen molar-refractivity contribution in [3.05, 3.63) is 58.0 Å². The molecule has 3 heteroatoms. The molecular weight excluding hydrogens is 266 g/mol. The number of aryl methyl sites for hydroxylation is 1. The van der Waals surface area contributed by atoms with Gasteiger partial charge in [0.15, 0.2) is 0 Å². The van der Waals surface area contributed by atoms with Crippen LogP contribution in [0, 0.1) is 6.92 Å². The van der Waals surface area contributed by atoms with E-state index < -0.39 is 0 Å². The average molecular weight is 285 g/mol. The zero-order chi connectivity index (χ0) is 14.1. The van der Waals surface area contributed by atoms with Crippen molar-refractivity contribution in [2.24, 2.45) is 0 Å². The van der Waals surface area contributed by atoms with Gasteiger partial charge in [0.05, 0.1) is 6.04 Å². The minimum atomic E-state index is 0.192. The molecule has 3 aromatic rings. The maximum atomic E-state index is 6.02. The van der Waals surface area contributed by atoms with Gasteiger partial charge in [-0.2, -0.15) is 11.3 Å². The van der Waals surface area contributed by atoms with E-state index in [-0.39, 0.29) is 6.04 Å². The molecule has 20 heavy (non-hydrogen) atoms. The monoisotopic (exact) mass is 285 g/mol. The quantitative estimate of drug-likeness (QED) is 0.711. The molecule has 0 aliphatic rings. The fourth-order valence-corrected chi connectivity index (χ4v) is 3.43. The van der Waals surface area contributed by atoms with Gasteiger partial charge in [-0.15, -0.1) is 0 Å². The van der Waals surface area contributed by atoms with Gasteiger partial charge in [0.25, 0.3) is 0 Å². The lowest BCUT2D eigenvalue weighted by atomic mass is 10.1. The Kier molecular flexibility index (Phi) is 3.64. The van der Waals surface area contributed by atoms with E-state index >= 15 is 0 Å². The number of hydrogen-bond acceptors (Lipinski definition) is 3. The fraction of sp³-hybridized carbons (Fsp3) is 0.294. The first kappa shape index (κ1) is 13.4. The Morgan fingerprint density at radius 2 is 1.90 bits per heavy atom. The summed E-state index contributed by atoms with van der Waals surface area (Å²) in [6.07, 6.45) is 0. The fourth-order valence-electron chi connectivity index (χ4n) is 2.67. The zero-order valence-corrected chi connectivity index (χ0v) is 12.8. The molecule has 0 aliphatic heterocycles. The van der Waals surface area contributed by atoms with Crippen molar-refractivity contribution in [2.45, 2.75) is 32.9 Å². The summed E-state index contributed by atoms with van der Waals surface area (Å²) in [5.74, 6) is 1.04. The number of hydrogen-bond donors (Lipinski definition) is 1. The highest BCUT2D eigenvalue weighted by molar-refractivity contribution is 7.07. The van der Waals surface area contributed by atoms with Crippen molar-refractivity contribution < 1.29 is 4.42 Å². The number of thiophene rings is 1. The smallest absolute Gasteiger partial charge is 0.134 e. The average Bonchev–Trinajstić information content (AvgIpc) is 3.07. The third-order valence-electron chi connectivity index (χ3n) is 3.82. The molecule has 0 radical (unpaired) electrons. The highest BCUT2D eigenvalue weighted by atomic mass is 32.1. The van der Waals surface area contributed by atoms with Crippen LogP contribution in [0.4, 0.5) is 0 Å². The second-order valence-electron chi connectivity index (χ2n) is 5.25. The van der Waals surface area contributed by atoms with Gasteiger partial charge in [-0.25, -0.2) is 0 Å². The second kappa shape index (κ2) is 5.43. The zero-order valence-electron chi connectivity index (χ0n) is 12.0. The first-order chi connectivity index (χ1) is 9.66. The molecule has 0 aliphatic carbocycles. The van der Waals surface area contributed by atoms with Gasteiger partial charge < -0.3 is 9.73 Å². The van der Waals surface area contributed by atoms with E-state index in [1.54, 1.807) is 11.3 Å². The first-order valence-electron chi connectivity index (χ1n) is 6.93. The van der Waals surface area contributed by atoms with Crippen LogP contribution in [0.5, 0.6) is 0 Å². The molecule has 0 saturated carbocycles. The predicted molar refractivity (Wildman–Crippen MR) is 85.2 cm³/mol. The van der Waals surface area contributed by atoms with Crippen molar-refractivity contribution in [1.29, 1.82) is 0 Å². The lowest BCUT2D eigenvalue weighted by Crippen LogP contribution is -2.22. The maximum absolute atomic E-state index is 6.02. The molecule has 1 aromatic carbocycles. The first-order valence-corrected chi connectivity index (χ1v) is 7.87. The van der Waals surface area contributed by atoms with E-state index in [9.17, 15) is 0 Å². The Balaban J connectivity index is 1.85. The van der Waals surface area contributed by atoms with E-state index in [1.807, 2.05) is 12.1 Å². The van der Waals surface area contributed by atoms with Gasteiger partial charge in [0.2, 0.25) is 0 Å². The van der Waals surface area contributed by atoms with Crippen LogP contribution in [-0.4, -0.2) is 0 Å². The Bertz CT molecular complexity index is 699.